The zero-order chi connectivity index (χ0) is 25.2. The lowest BCUT2D eigenvalue weighted by Gasteiger charge is -2.30. The first-order valence-electron chi connectivity index (χ1n) is 12.1. The average Bonchev–Trinajstić information content (AvgIpc) is 3.06. The number of hydrogen-bond donors (Lipinski definition) is 3. The maximum atomic E-state index is 13.8. The predicted molar refractivity (Wildman–Crippen MR) is 139 cm³/mol. The van der Waals surface area contributed by atoms with Gasteiger partial charge in [0.2, 0.25) is 0 Å². The Morgan fingerprint density at radius 2 is 1.61 bits per heavy atom. The number of phenols is 1. The summed E-state index contributed by atoms with van der Waals surface area (Å²) in [5.41, 5.74) is 5.28. The number of hydrogen-bond acceptors (Lipinski definition) is 7. The second-order valence-electron chi connectivity index (χ2n) is 8.94. The zero-order valence-electron chi connectivity index (χ0n) is 20.6. The first kappa shape index (κ1) is 23.6. The van der Waals surface area contributed by atoms with Crippen molar-refractivity contribution in [2.24, 2.45) is 0 Å². The number of carbonyl (C=O) groups excluding carboxylic acids is 1. The molecule has 5 rings (SSSR count). The van der Waals surface area contributed by atoms with Gasteiger partial charge in [0.1, 0.15) is 0 Å². The Kier molecular flexibility index (Phi) is 6.46. The molecule has 1 aliphatic carbocycles. The predicted octanol–water partition coefficient (Wildman–Crippen LogP) is 5.79. The number of phenolic OH excluding ortho intramolecular Hbond substituents is 1. The highest BCUT2D eigenvalue weighted by Crippen LogP contribution is 2.46. The number of methoxy groups -OCH3 is 2. The second-order valence-corrected chi connectivity index (χ2v) is 8.94. The molecular weight excluding hydrogens is 456 g/mol. The molecule has 7 heteroatoms. The highest BCUT2D eigenvalue weighted by Gasteiger charge is 2.36. The van der Waals surface area contributed by atoms with E-state index < -0.39 is 6.04 Å². The van der Waals surface area contributed by atoms with Crippen LogP contribution in [-0.2, 0) is 4.79 Å². The number of allylic oxidation sites excluding steroid dienone is 1. The summed E-state index contributed by atoms with van der Waals surface area (Å²) in [5.74, 6) is 1.84. The number of ether oxygens (including phenoxy) is 3. The lowest BCUT2D eigenvalue weighted by molar-refractivity contribution is -0.116. The molecule has 0 spiro atoms. The van der Waals surface area contributed by atoms with Crippen LogP contribution < -0.4 is 24.8 Å². The Bertz CT molecular complexity index is 1330. The van der Waals surface area contributed by atoms with Crippen LogP contribution in [0.25, 0.3) is 0 Å². The van der Waals surface area contributed by atoms with Gasteiger partial charge < -0.3 is 30.0 Å². The first-order valence-corrected chi connectivity index (χ1v) is 12.1. The Morgan fingerprint density at radius 3 is 2.36 bits per heavy atom. The van der Waals surface area contributed by atoms with Gasteiger partial charge in [0.15, 0.2) is 28.8 Å². The van der Waals surface area contributed by atoms with Gasteiger partial charge in [-0.2, -0.15) is 0 Å². The zero-order valence-corrected chi connectivity index (χ0v) is 20.6. The maximum absolute atomic E-state index is 13.8. The minimum Gasteiger partial charge on any atom is -0.504 e. The molecule has 2 atom stereocenters. The number of nitrogens with one attached hydrogen (secondary N) is 2. The largest absolute Gasteiger partial charge is 0.504 e. The van der Waals surface area contributed by atoms with Crippen LogP contribution in [0, 0.1) is 0 Å². The minimum absolute atomic E-state index is 0.00623. The van der Waals surface area contributed by atoms with Gasteiger partial charge in [0.05, 0.1) is 38.2 Å². The number of aromatic hydroxyl groups is 1. The summed E-state index contributed by atoms with van der Waals surface area (Å²) in [6, 6.07) is 18.6. The van der Waals surface area contributed by atoms with Crippen LogP contribution in [0.1, 0.15) is 42.9 Å². The molecule has 3 aromatic rings. The van der Waals surface area contributed by atoms with Gasteiger partial charge in [0.25, 0.3) is 0 Å². The van der Waals surface area contributed by atoms with E-state index >= 15 is 0 Å². The smallest absolute Gasteiger partial charge is 0.163 e. The minimum atomic E-state index is -0.394. The molecule has 7 nitrogen and oxygen atoms in total. The van der Waals surface area contributed by atoms with Crippen LogP contribution in [-0.4, -0.2) is 31.7 Å². The van der Waals surface area contributed by atoms with Crippen LogP contribution in [0.5, 0.6) is 23.0 Å². The van der Waals surface area contributed by atoms with Crippen molar-refractivity contribution in [1.29, 1.82) is 0 Å². The summed E-state index contributed by atoms with van der Waals surface area (Å²) >= 11 is 0. The fraction of sp³-hybridized carbons (Fsp3) is 0.276. The SMILES string of the molecule is CCOc1cc([C@H]2Nc3ccccc3NC3=C2C(=O)C[C@@H](c2ccc(OC)c(OC)c2)C3)ccc1O. The molecule has 0 saturated heterocycles. The normalized spacial score (nSPS) is 18.8. The van der Waals surface area contributed by atoms with Gasteiger partial charge >= 0.3 is 0 Å². The molecule has 1 heterocycles. The van der Waals surface area contributed by atoms with Gasteiger partial charge in [-0.25, -0.2) is 0 Å². The lowest BCUT2D eigenvalue weighted by atomic mass is 9.78. The molecule has 0 radical (unpaired) electrons. The monoisotopic (exact) mass is 486 g/mol. The quantitative estimate of drug-likeness (QED) is 0.406. The number of rotatable bonds is 6. The van der Waals surface area contributed by atoms with Crippen molar-refractivity contribution in [2.45, 2.75) is 31.7 Å². The Morgan fingerprint density at radius 1 is 0.889 bits per heavy atom. The molecule has 3 aromatic carbocycles. The Hall–Kier alpha value is -4.13. The van der Waals surface area contributed by atoms with Gasteiger partial charge in [-0.05, 0) is 66.8 Å². The van der Waals surface area contributed by atoms with Crippen molar-refractivity contribution in [3.63, 3.8) is 0 Å². The van der Waals surface area contributed by atoms with E-state index in [0.717, 1.165) is 28.2 Å². The van der Waals surface area contributed by atoms with Crippen molar-refractivity contribution >= 4 is 17.2 Å². The van der Waals surface area contributed by atoms with Crippen LogP contribution in [0.2, 0.25) is 0 Å². The van der Waals surface area contributed by atoms with E-state index in [1.54, 1.807) is 20.3 Å². The molecule has 0 fully saturated rings. The van der Waals surface area contributed by atoms with E-state index in [9.17, 15) is 9.90 Å². The van der Waals surface area contributed by atoms with E-state index in [1.807, 2.05) is 61.5 Å². The molecule has 186 valence electrons. The van der Waals surface area contributed by atoms with Gasteiger partial charge in [-0.1, -0.05) is 24.3 Å². The molecule has 3 N–H and O–H groups in total. The number of anilines is 2. The summed E-state index contributed by atoms with van der Waals surface area (Å²) in [6.45, 7) is 2.30. The highest BCUT2D eigenvalue weighted by atomic mass is 16.5. The molecule has 2 aliphatic rings. The van der Waals surface area contributed by atoms with Crippen molar-refractivity contribution in [2.75, 3.05) is 31.5 Å². The van der Waals surface area contributed by atoms with Crippen molar-refractivity contribution in [1.82, 2.24) is 0 Å². The Balaban J connectivity index is 1.58. The highest BCUT2D eigenvalue weighted by molar-refractivity contribution is 6.01. The third-order valence-corrected chi connectivity index (χ3v) is 6.81. The van der Waals surface area contributed by atoms with Gasteiger partial charge in [0, 0.05) is 17.7 Å². The van der Waals surface area contributed by atoms with E-state index in [4.69, 9.17) is 14.2 Å². The molecule has 0 unspecified atom stereocenters. The third kappa shape index (κ3) is 4.33. The van der Waals surface area contributed by atoms with E-state index in [2.05, 4.69) is 10.6 Å². The number of benzene rings is 3. The number of carbonyl (C=O) groups is 1. The second kappa shape index (κ2) is 9.85. The number of fused-ring (bicyclic) bond motifs is 1. The van der Waals surface area contributed by atoms with E-state index in [-0.39, 0.29) is 17.5 Å². The summed E-state index contributed by atoms with van der Waals surface area (Å²) < 4.78 is 16.5. The van der Waals surface area contributed by atoms with Gasteiger partial charge in [-0.3, -0.25) is 4.79 Å². The van der Waals surface area contributed by atoms with Crippen LogP contribution in [0.4, 0.5) is 11.4 Å². The van der Waals surface area contributed by atoms with Crippen molar-refractivity contribution in [3.05, 3.63) is 83.1 Å². The van der Waals surface area contributed by atoms with E-state index in [1.165, 1.54) is 0 Å². The molecule has 1 aliphatic heterocycles. The van der Waals surface area contributed by atoms with Crippen LogP contribution in [0.3, 0.4) is 0 Å². The van der Waals surface area contributed by atoms with Crippen molar-refractivity contribution in [3.8, 4) is 23.0 Å². The van der Waals surface area contributed by atoms with Crippen LogP contribution >= 0.6 is 0 Å². The molecular formula is C29H30N2O5. The Labute approximate surface area is 210 Å². The maximum Gasteiger partial charge on any atom is 0.163 e. The molecule has 0 amide bonds. The fourth-order valence-electron chi connectivity index (χ4n) is 5.07. The number of Topliss-reactive ketones (excluding diaryl/α,β-unsaturated/α-hetero) is 1. The first-order chi connectivity index (χ1) is 17.5. The lowest BCUT2D eigenvalue weighted by Crippen LogP contribution is -2.27. The summed E-state index contributed by atoms with van der Waals surface area (Å²) in [6.07, 6.45) is 1.04. The van der Waals surface area contributed by atoms with Crippen LogP contribution in [0.15, 0.2) is 71.9 Å². The standard InChI is InChI=1S/C29H30N2O5/c1-4-36-26-16-18(9-11-23(26)32)29-28-22(30-20-7-5-6-8-21(20)31-29)13-19(14-24(28)33)17-10-12-25(34-2)27(15-17)35-3/h5-12,15-16,19,29-32H,4,13-14H2,1-3H3/t19-,29+/m0/s1. The molecule has 0 aromatic heterocycles. The third-order valence-electron chi connectivity index (χ3n) is 6.81. The van der Waals surface area contributed by atoms with Crippen molar-refractivity contribution < 1.29 is 24.1 Å². The molecule has 0 bridgehead atoms. The van der Waals surface area contributed by atoms with E-state index in [0.29, 0.717) is 42.3 Å². The topological polar surface area (TPSA) is 89.1 Å². The van der Waals surface area contributed by atoms with Gasteiger partial charge in [-0.15, -0.1) is 0 Å². The number of para-hydroxylation sites is 2. The summed E-state index contributed by atoms with van der Waals surface area (Å²) in [4.78, 5) is 13.8. The number of ketones is 1. The average molecular weight is 487 g/mol. The summed E-state index contributed by atoms with van der Waals surface area (Å²) in [7, 11) is 3.22. The molecule has 36 heavy (non-hydrogen) atoms. The molecule has 0 saturated carbocycles. The fourth-order valence-corrected chi connectivity index (χ4v) is 5.07. The summed E-state index contributed by atoms with van der Waals surface area (Å²) in [5, 5.41) is 17.4.